The highest BCUT2D eigenvalue weighted by molar-refractivity contribution is 5.81. The number of rotatable bonds is 2. The molecule has 8 nitrogen and oxygen atoms in total. The second-order valence-corrected chi connectivity index (χ2v) is 4.72. The predicted octanol–water partition coefficient (Wildman–Crippen LogP) is -0.808. The topological polar surface area (TPSA) is 119 Å². The molecule has 1 fully saturated rings. The minimum absolute atomic E-state index is 0.0971. The summed E-state index contributed by atoms with van der Waals surface area (Å²) in [6.07, 6.45) is 3.95. The highest BCUT2D eigenvalue weighted by Gasteiger charge is 2.47. The second kappa shape index (κ2) is 4.63. The Morgan fingerprint density at radius 2 is 2.38 bits per heavy atom. The summed E-state index contributed by atoms with van der Waals surface area (Å²) in [6, 6.07) is 0. The molecule has 0 unspecified atom stereocenters. The van der Waals surface area contributed by atoms with Crippen molar-refractivity contribution in [1.29, 1.82) is 0 Å². The lowest BCUT2D eigenvalue weighted by Gasteiger charge is -2.23. The van der Waals surface area contributed by atoms with Crippen molar-refractivity contribution in [2.45, 2.75) is 24.4 Å². The maximum absolute atomic E-state index is 13.3. The first-order valence-corrected chi connectivity index (χ1v) is 6.11. The van der Waals surface area contributed by atoms with Crippen molar-refractivity contribution in [2.75, 3.05) is 12.3 Å². The van der Waals surface area contributed by atoms with Gasteiger partial charge in [-0.1, -0.05) is 5.92 Å². The molecule has 0 amide bonds. The van der Waals surface area contributed by atoms with Gasteiger partial charge in [0.05, 0.1) is 12.9 Å². The van der Waals surface area contributed by atoms with Crippen LogP contribution < -0.4 is 5.73 Å². The molecule has 0 spiro atoms. The molecular formula is C12H12FN5O3. The van der Waals surface area contributed by atoms with Gasteiger partial charge in [0.1, 0.15) is 12.3 Å². The number of anilines is 1. The molecule has 110 valence electrons. The van der Waals surface area contributed by atoms with E-state index in [-0.39, 0.29) is 23.4 Å². The molecule has 4 N–H and O–H groups in total. The van der Waals surface area contributed by atoms with Gasteiger partial charge < -0.3 is 20.7 Å². The molecule has 0 saturated carbocycles. The van der Waals surface area contributed by atoms with E-state index in [2.05, 4.69) is 20.9 Å². The Morgan fingerprint density at radius 3 is 3.00 bits per heavy atom. The van der Waals surface area contributed by atoms with Gasteiger partial charge in [-0.15, -0.1) is 6.42 Å². The summed E-state index contributed by atoms with van der Waals surface area (Å²) in [5, 5.41) is 19.3. The lowest BCUT2D eigenvalue weighted by Crippen LogP contribution is -2.41. The molecule has 3 rings (SSSR count). The fourth-order valence-corrected chi connectivity index (χ4v) is 2.36. The smallest absolute Gasteiger partial charge is 0.312 e. The van der Waals surface area contributed by atoms with Crippen LogP contribution in [0.2, 0.25) is 0 Å². The third-order valence-electron chi connectivity index (χ3n) is 3.52. The van der Waals surface area contributed by atoms with Gasteiger partial charge >= 0.3 is 6.08 Å². The van der Waals surface area contributed by atoms with E-state index in [1.807, 2.05) is 0 Å². The zero-order valence-corrected chi connectivity index (χ0v) is 10.8. The number of imidazole rings is 1. The van der Waals surface area contributed by atoms with Gasteiger partial charge in [-0.3, -0.25) is 4.57 Å². The molecule has 0 aromatic carbocycles. The number of aromatic nitrogens is 4. The van der Waals surface area contributed by atoms with E-state index in [4.69, 9.17) is 16.9 Å². The number of aliphatic hydroxyl groups is 2. The van der Waals surface area contributed by atoms with E-state index in [0.717, 1.165) is 0 Å². The maximum Gasteiger partial charge on any atom is 0.312 e. The maximum atomic E-state index is 13.3. The highest BCUT2D eigenvalue weighted by Crippen LogP contribution is 2.37. The van der Waals surface area contributed by atoms with Crippen molar-refractivity contribution >= 4 is 17.0 Å². The lowest BCUT2D eigenvalue weighted by molar-refractivity contribution is -0.0891. The average molecular weight is 293 g/mol. The van der Waals surface area contributed by atoms with E-state index < -0.39 is 30.6 Å². The number of aliphatic hydroxyl groups excluding tert-OH is 2. The molecule has 0 bridgehead atoms. The van der Waals surface area contributed by atoms with Gasteiger partial charge in [0.2, 0.25) is 0 Å². The number of nitrogens with two attached hydrogens (primary N) is 1. The second-order valence-electron chi connectivity index (χ2n) is 4.72. The number of nitrogens with zero attached hydrogens (tertiary/aromatic N) is 4. The van der Waals surface area contributed by atoms with E-state index in [1.54, 1.807) is 0 Å². The Labute approximate surface area is 118 Å². The van der Waals surface area contributed by atoms with Crippen molar-refractivity contribution in [2.24, 2.45) is 0 Å². The molecule has 2 aromatic rings. The third kappa shape index (κ3) is 1.92. The Balaban J connectivity index is 2.05. The first-order valence-electron chi connectivity index (χ1n) is 6.11. The fraction of sp³-hybridized carbons (Fsp3) is 0.417. The Kier molecular flexibility index (Phi) is 3.02. The molecule has 1 aliphatic heterocycles. The van der Waals surface area contributed by atoms with Crippen LogP contribution in [0.5, 0.6) is 0 Å². The first-order chi connectivity index (χ1) is 10.0. The summed E-state index contributed by atoms with van der Waals surface area (Å²) in [5.74, 6) is 2.16. The Bertz CT molecular complexity index is 742. The van der Waals surface area contributed by atoms with Crippen LogP contribution >= 0.6 is 0 Å². The summed E-state index contributed by atoms with van der Waals surface area (Å²) in [6.45, 7) is -0.542. The normalized spacial score (nSPS) is 28.9. The quantitative estimate of drug-likeness (QED) is 0.489. The summed E-state index contributed by atoms with van der Waals surface area (Å²) >= 11 is 0. The van der Waals surface area contributed by atoms with Crippen LogP contribution in [-0.2, 0) is 4.74 Å². The van der Waals surface area contributed by atoms with Crippen molar-refractivity contribution in [3.05, 3.63) is 12.4 Å². The van der Waals surface area contributed by atoms with E-state index >= 15 is 0 Å². The molecule has 0 radical (unpaired) electrons. The van der Waals surface area contributed by atoms with Gasteiger partial charge in [0.15, 0.2) is 22.6 Å². The van der Waals surface area contributed by atoms with Crippen LogP contribution in [0.15, 0.2) is 6.33 Å². The minimum Gasteiger partial charge on any atom is -0.392 e. The van der Waals surface area contributed by atoms with Gasteiger partial charge in [0, 0.05) is 6.42 Å². The summed E-state index contributed by atoms with van der Waals surface area (Å²) < 4.78 is 20.2. The fourth-order valence-electron chi connectivity index (χ4n) is 2.36. The Hall–Kier alpha value is -2.28. The standard InChI is InChI=1S/C12H12FN5O3/c1-2-12(4-19)6(20)3-7(21-12)18-5-15-8-9(14)16-11(13)17-10(8)18/h1,5-7,19-20H,3-4H2,(H2,14,16,17)/t6-,7+,12+/m1/s1. The summed E-state index contributed by atoms with van der Waals surface area (Å²) in [4.78, 5) is 11.0. The monoisotopic (exact) mass is 293 g/mol. The molecular weight excluding hydrogens is 281 g/mol. The number of terminal acetylenes is 1. The van der Waals surface area contributed by atoms with E-state index in [1.165, 1.54) is 10.9 Å². The average Bonchev–Trinajstić information content (AvgIpc) is 3.00. The van der Waals surface area contributed by atoms with Gasteiger partial charge in [-0.05, 0) is 0 Å². The number of fused-ring (bicyclic) bond motifs is 1. The van der Waals surface area contributed by atoms with Crippen LogP contribution in [0.1, 0.15) is 12.6 Å². The largest absolute Gasteiger partial charge is 0.392 e. The molecule has 3 atom stereocenters. The summed E-state index contributed by atoms with van der Waals surface area (Å²) in [7, 11) is 0. The van der Waals surface area contributed by atoms with Gasteiger partial charge in [0.25, 0.3) is 0 Å². The molecule has 0 aliphatic carbocycles. The molecule has 2 aromatic heterocycles. The van der Waals surface area contributed by atoms with Crippen LogP contribution in [0.3, 0.4) is 0 Å². The number of hydrogen-bond acceptors (Lipinski definition) is 7. The van der Waals surface area contributed by atoms with Crippen molar-refractivity contribution in [1.82, 2.24) is 19.5 Å². The lowest BCUT2D eigenvalue weighted by atomic mass is 9.99. The Morgan fingerprint density at radius 1 is 1.62 bits per heavy atom. The number of ether oxygens (including phenoxy) is 1. The molecule has 9 heteroatoms. The van der Waals surface area contributed by atoms with Gasteiger partial charge in [-0.25, -0.2) is 4.98 Å². The van der Waals surface area contributed by atoms with Crippen LogP contribution in [0.4, 0.5) is 10.2 Å². The molecule has 3 heterocycles. The minimum atomic E-state index is -1.50. The number of hydrogen-bond donors (Lipinski definition) is 3. The molecule has 1 saturated heterocycles. The highest BCUT2D eigenvalue weighted by atomic mass is 19.1. The van der Waals surface area contributed by atoms with Gasteiger partial charge in [-0.2, -0.15) is 14.4 Å². The van der Waals surface area contributed by atoms with Crippen molar-refractivity contribution in [3.63, 3.8) is 0 Å². The van der Waals surface area contributed by atoms with Crippen molar-refractivity contribution < 1.29 is 19.3 Å². The molecule has 21 heavy (non-hydrogen) atoms. The van der Waals surface area contributed by atoms with Crippen LogP contribution in [0.25, 0.3) is 11.2 Å². The number of nitrogen functional groups attached to an aromatic ring is 1. The predicted molar refractivity (Wildman–Crippen MR) is 69.1 cm³/mol. The third-order valence-corrected chi connectivity index (χ3v) is 3.52. The van der Waals surface area contributed by atoms with Crippen LogP contribution in [-0.4, -0.2) is 48.0 Å². The zero-order chi connectivity index (χ0) is 15.2. The number of halogens is 1. The summed E-state index contributed by atoms with van der Waals surface area (Å²) in [5.41, 5.74) is 4.42. The van der Waals surface area contributed by atoms with E-state index in [0.29, 0.717) is 0 Å². The first kappa shape index (κ1) is 13.7. The van der Waals surface area contributed by atoms with Crippen LogP contribution in [0, 0.1) is 18.4 Å². The van der Waals surface area contributed by atoms with Crippen molar-refractivity contribution in [3.8, 4) is 12.3 Å². The SMILES string of the molecule is C#C[C@@]1(CO)O[C@H](n2cnc3c(N)nc(F)nc32)C[C@H]1O. The molecule has 1 aliphatic rings. The van der Waals surface area contributed by atoms with E-state index in [9.17, 15) is 14.6 Å². The zero-order valence-electron chi connectivity index (χ0n) is 10.8.